The number of nitrogens with zero attached hydrogens (tertiary/aromatic N) is 3. The van der Waals surface area contributed by atoms with E-state index in [1.54, 1.807) is 24.3 Å². The van der Waals surface area contributed by atoms with Gasteiger partial charge >= 0.3 is 6.03 Å². The minimum atomic E-state index is -0.307. The average Bonchev–Trinajstić information content (AvgIpc) is 2.54. The van der Waals surface area contributed by atoms with Crippen LogP contribution in [0, 0.1) is 11.3 Å². The molecule has 0 atom stereocenters. The normalized spacial score (nSPS) is 9.71. The molecule has 0 radical (unpaired) electrons. The van der Waals surface area contributed by atoms with Crippen molar-refractivity contribution in [3.05, 3.63) is 42.2 Å². The highest BCUT2D eigenvalue weighted by Gasteiger charge is 2.04. The molecule has 7 heteroatoms. The van der Waals surface area contributed by atoms with Gasteiger partial charge in [0.05, 0.1) is 5.56 Å². The number of rotatable bonds is 4. The van der Waals surface area contributed by atoms with Crippen molar-refractivity contribution >= 4 is 23.3 Å². The van der Waals surface area contributed by atoms with E-state index in [9.17, 15) is 4.79 Å². The minimum Gasteiger partial charge on any atom is -0.337 e. The van der Waals surface area contributed by atoms with Crippen molar-refractivity contribution < 1.29 is 4.79 Å². The molecule has 0 saturated carbocycles. The van der Waals surface area contributed by atoms with Gasteiger partial charge in [0.2, 0.25) is 0 Å². The number of benzene rings is 1. The van der Waals surface area contributed by atoms with E-state index in [4.69, 9.17) is 16.9 Å². The zero-order chi connectivity index (χ0) is 15.1. The molecule has 0 aliphatic carbocycles. The lowest BCUT2D eigenvalue weighted by Gasteiger charge is -2.07. The highest BCUT2D eigenvalue weighted by atomic mass is 35.5. The van der Waals surface area contributed by atoms with E-state index in [0.717, 1.165) is 5.56 Å². The summed E-state index contributed by atoms with van der Waals surface area (Å²) in [5.74, 6) is 0.884. The fraction of sp³-hybridized carbons (Fsp3) is 0.143. The topological polar surface area (TPSA) is 90.7 Å². The summed E-state index contributed by atoms with van der Waals surface area (Å²) in [5.41, 5.74) is 1.86. The van der Waals surface area contributed by atoms with Crippen LogP contribution in [0.4, 0.5) is 10.5 Å². The van der Waals surface area contributed by atoms with Gasteiger partial charge in [0.1, 0.15) is 6.07 Å². The fourth-order valence-corrected chi connectivity index (χ4v) is 1.67. The standard InChI is InChI=1S/C14H12ClN5O/c15-5-6-17-14(21)20-12-3-1-11(2-4-12)13-18-8-10(7-16)9-19-13/h1-4,8-9H,5-6H2,(H2,17,20,21). The summed E-state index contributed by atoms with van der Waals surface area (Å²) < 4.78 is 0. The summed E-state index contributed by atoms with van der Waals surface area (Å²) >= 11 is 5.48. The zero-order valence-corrected chi connectivity index (χ0v) is 11.8. The lowest BCUT2D eigenvalue weighted by Crippen LogP contribution is -2.30. The number of nitrogens with one attached hydrogen (secondary N) is 2. The van der Waals surface area contributed by atoms with Crippen LogP contribution in [0.1, 0.15) is 5.56 Å². The van der Waals surface area contributed by atoms with E-state index in [-0.39, 0.29) is 6.03 Å². The third-order valence-electron chi connectivity index (χ3n) is 2.56. The molecule has 0 fully saturated rings. The van der Waals surface area contributed by atoms with Gasteiger partial charge in [-0.2, -0.15) is 5.26 Å². The molecule has 6 nitrogen and oxygen atoms in total. The highest BCUT2D eigenvalue weighted by Crippen LogP contribution is 2.17. The molecule has 0 aliphatic heterocycles. The lowest BCUT2D eigenvalue weighted by atomic mass is 10.2. The van der Waals surface area contributed by atoms with Crippen molar-refractivity contribution in [3.63, 3.8) is 0 Å². The number of aromatic nitrogens is 2. The molecule has 2 N–H and O–H groups in total. The Hall–Kier alpha value is -2.65. The van der Waals surface area contributed by atoms with E-state index in [0.29, 0.717) is 29.5 Å². The van der Waals surface area contributed by atoms with Crippen LogP contribution >= 0.6 is 11.6 Å². The zero-order valence-electron chi connectivity index (χ0n) is 11.0. The van der Waals surface area contributed by atoms with Gasteiger partial charge in [0.15, 0.2) is 5.82 Å². The van der Waals surface area contributed by atoms with E-state index in [2.05, 4.69) is 20.6 Å². The second kappa shape index (κ2) is 7.22. The largest absolute Gasteiger partial charge is 0.337 e. The van der Waals surface area contributed by atoms with Crippen LogP contribution in [0.3, 0.4) is 0 Å². The Kier molecular flexibility index (Phi) is 5.07. The van der Waals surface area contributed by atoms with Crippen molar-refractivity contribution in [1.29, 1.82) is 5.26 Å². The number of carbonyl (C=O) groups excluding carboxylic acids is 1. The molecule has 2 rings (SSSR count). The first-order valence-corrected chi connectivity index (χ1v) is 6.70. The van der Waals surface area contributed by atoms with E-state index in [1.165, 1.54) is 12.4 Å². The summed E-state index contributed by atoms with van der Waals surface area (Å²) in [6, 6.07) is 8.73. The molecule has 0 bridgehead atoms. The van der Waals surface area contributed by atoms with Crippen LogP contribution < -0.4 is 10.6 Å². The molecule has 0 spiro atoms. The van der Waals surface area contributed by atoms with Gasteiger partial charge in [-0.1, -0.05) is 0 Å². The molecule has 21 heavy (non-hydrogen) atoms. The number of hydrogen-bond acceptors (Lipinski definition) is 4. The molecular formula is C14H12ClN5O. The molecular weight excluding hydrogens is 290 g/mol. The molecule has 1 aromatic heterocycles. The Balaban J connectivity index is 2.04. The van der Waals surface area contributed by atoms with Crippen molar-refractivity contribution in [2.24, 2.45) is 0 Å². The molecule has 0 unspecified atom stereocenters. The maximum atomic E-state index is 11.5. The van der Waals surface area contributed by atoms with Gasteiger partial charge in [-0.25, -0.2) is 14.8 Å². The van der Waals surface area contributed by atoms with Gasteiger partial charge in [-0.3, -0.25) is 0 Å². The molecule has 0 saturated heterocycles. The van der Waals surface area contributed by atoms with Gasteiger partial charge in [-0.05, 0) is 24.3 Å². The Labute approximate surface area is 126 Å². The molecule has 106 valence electrons. The molecule has 2 aromatic rings. The third-order valence-corrected chi connectivity index (χ3v) is 2.75. The van der Waals surface area contributed by atoms with E-state index < -0.39 is 0 Å². The maximum Gasteiger partial charge on any atom is 0.319 e. The second-order valence-corrected chi connectivity index (χ2v) is 4.43. The predicted octanol–water partition coefficient (Wildman–Crippen LogP) is 2.38. The molecule has 2 amide bonds. The first-order chi connectivity index (χ1) is 10.2. The second-order valence-electron chi connectivity index (χ2n) is 4.05. The maximum absolute atomic E-state index is 11.5. The number of hydrogen-bond donors (Lipinski definition) is 2. The Morgan fingerprint density at radius 1 is 1.24 bits per heavy atom. The van der Waals surface area contributed by atoms with Gasteiger partial charge < -0.3 is 10.6 Å². The van der Waals surface area contributed by atoms with E-state index >= 15 is 0 Å². The number of halogens is 1. The SMILES string of the molecule is N#Cc1cnc(-c2ccc(NC(=O)NCCCl)cc2)nc1. The molecule has 1 heterocycles. The summed E-state index contributed by atoms with van der Waals surface area (Å²) in [4.78, 5) is 19.7. The monoisotopic (exact) mass is 301 g/mol. The number of amides is 2. The number of carbonyl (C=O) groups is 1. The van der Waals surface area contributed by atoms with Crippen LogP contribution in [0.15, 0.2) is 36.7 Å². The Morgan fingerprint density at radius 3 is 2.48 bits per heavy atom. The van der Waals surface area contributed by atoms with Crippen molar-refractivity contribution in [2.75, 3.05) is 17.7 Å². The van der Waals surface area contributed by atoms with Crippen LogP contribution in [0.25, 0.3) is 11.4 Å². The van der Waals surface area contributed by atoms with Crippen LogP contribution in [-0.2, 0) is 0 Å². The smallest absolute Gasteiger partial charge is 0.319 e. The lowest BCUT2D eigenvalue weighted by molar-refractivity contribution is 0.252. The molecule has 0 aliphatic rings. The molecule has 1 aromatic carbocycles. The van der Waals surface area contributed by atoms with Crippen molar-refractivity contribution in [1.82, 2.24) is 15.3 Å². The van der Waals surface area contributed by atoms with Gasteiger partial charge in [-0.15, -0.1) is 11.6 Å². The minimum absolute atomic E-state index is 0.307. The fourth-order valence-electron chi connectivity index (χ4n) is 1.57. The number of nitriles is 1. The number of alkyl halides is 1. The Morgan fingerprint density at radius 2 is 1.90 bits per heavy atom. The predicted molar refractivity (Wildman–Crippen MR) is 79.9 cm³/mol. The van der Waals surface area contributed by atoms with Crippen LogP contribution in [-0.4, -0.2) is 28.4 Å². The quantitative estimate of drug-likeness (QED) is 0.848. The average molecular weight is 302 g/mol. The summed E-state index contributed by atoms with van der Waals surface area (Å²) in [6.45, 7) is 0.407. The Bertz CT molecular complexity index is 649. The first-order valence-electron chi connectivity index (χ1n) is 6.16. The van der Waals surface area contributed by atoms with Gasteiger partial charge in [0, 0.05) is 36.1 Å². The van der Waals surface area contributed by atoms with Gasteiger partial charge in [0.25, 0.3) is 0 Å². The highest BCUT2D eigenvalue weighted by molar-refractivity contribution is 6.18. The van der Waals surface area contributed by atoms with Crippen molar-refractivity contribution in [3.8, 4) is 17.5 Å². The van der Waals surface area contributed by atoms with E-state index in [1.807, 2.05) is 6.07 Å². The summed E-state index contributed by atoms with van der Waals surface area (Å²) in [5, 5.41) is 14.0. The van der Waals surface area contributed by atoms with Crippen LogP contribution in [0.2, 0.25) is 0 Å². The summed E-state index contributed by atoms with van der Waals surface area (Å²) in [7, 11) is 0. The summed E-state index contributed by atoms with van der Waals surface area (Å²) in [6.07, 6.45) is 2.93. The third kappa shape index (κ3) is 4.16. The number of urea groups is 1. The van der Waals surface area contributed by atoms with Crippen LogP contribution in [0.5, 0.6) is 0 Å². The number of anilines is 1. The van der Waals surface area contributed by atoms with Crippen molar-refractivity contribution in [2.45, 2.75) is 0 Å². The first kappa shape index (κ1) is 14.8.